The van der Waals surface area contributed by atoms with E-state index in [9.17, 15) is 27.6 Å². The minimum Gasteiger partial charge on any atom is -0.452 e. The first kappa shape index (κ1) is 22.3. The van der Waals surface area contributed by atoms with Crippen LogP contribution in [0.4, 0.5) is 24.5 Å². The Kier molecular flexibility index (Phi) is 5.99. The number of hydrogen-bond acceptors (Lipinski definition) is 5. The van der Waals surface area contributed by atoms with Gasteiger partial charge in [-0.2, -0.15) is 13.2 Å². The average Bonchev–Trinajstić information content (AvgIpc) is 3.22. The Morgan fingerprint density at radius 3 is 2.55 bits per heavy atom. The number of para-hydroxylation sites is 3. The second-order valence-corrected chi connectivity index (χ2v) is 7.35. The molecule has 1 aliphatic rings. The van der Waals surface area contributed by atoms with Crippen molar-refractivity contribution in [3.63, 3.8) is 0 Å². The number of anilines is 2. The maximum absolute atomic E-state index is 13.7. The van der Waals surface area contributed by atoms with E-state index >= 15 is 0 Å². The number of nitrogens with zero attached hydrogens (tertiary/aromatic N) is 2. The highest BCUT2D eigenvalue weighted by Crippen LogP contribution is 2.37. The van der Waals surface area contributed by atoms with Crippen molar-refractivity contribution in [3.05, 3.63) is 65.9 Å². The molecular formula is C23H18F3N3O4. The lowest BCUT2D eigenvalue weighted by Crippen LogP contribution is -2.27. The maximum atomic E-state index is 13.7. The Hall–Kier alpha value is -3.95. The standard InChI is InChI=1S/C23H18F3N3O4/c24-23(25,26)21-14-6-1-2-7-16(14)27-12-15(21)22(32)33-13-19(30)28-17-8-3-4-9-18(17)29-11-5-10-20(29)31/h1-4,6-9,12H,5,10-11,13H2,(H,28,30). The van der Waals surface area contributed by atoms with Gasteiger partial charge in [0.05, 0.1) is 28.0 Å². The average molecular weight is 457 g/mol. The van der Waals surface area contributed by atoms with Crippen molar-refractivity contribution in [2.45, 2.75) is 19.0 Å². The van der Waals surface area contributed by atoms with Gasteiger partial charge in [0.15, 0.2) is 6.61 Å². The lowest BCUT2D eigenvalue weighted by molar-refractivity contribution is -0.136. The molecule has 4 rings (SSSR count). The molecule has 7 nitrogen and oxygen atoms in total. The van der Waals surface area contributed by atoms with Crippen LogP contribution < -0.4 is 10.2 Å². The Bertz CT molecular complexity index is 1240. The third-order valence-corrected chi connectivity index (χ3v) is 5.16. The molecule has 0 radical (unpaired) electrons. The lowest BCUT2D eigenvalue weighted by atomic mass is 10.0. The van der Waals surface area contributed by atoms with Crippen molar-refractivity contribution >= 4 is 40.1 Å². The van der Waals surface area contributed by atoms with Crippen molar-refractivity contribution in [3.8, 4) is 0 Å². The predicted molar refractivity (Wildman–Crippen MR) is 114 cm³/mol. The van der Waals surface area contributed by atoms with Gasteiger partial charge in [0.1, 0.15) is 0 Å². The van der Waals surface area contributed by atoms with Crippen LogP contribution in [0.1, 0.15) is 28.8 Å². The van der Waals surface area contributed by atoms with Gasteiger partial charge in [0, 0.05) is 24.5 Å². The van der Waals surface area contributed by atoms with Crippen LogP contribution in [0.15, 0.2) is 54.7 Å². The van der Waals surface area contributed by atoms with E-state index < -0.39 is 35.8 Å². The minimum absolute atomic E-state index is 0.0761. The second-order valence-electron chi connectivity index (χ2n) is 7.35. The zero-order valence-electron chi connectivity index (χ0n) is 17.2. The Morgan fingerprint density at radius 1 is 1.09 bits per heavy atom. The summed E-state index contributed by atoms with van der Waals surface area (Å²) in [5, 5.41) is 2.30. The van der Waals surface area contributed by atoms with Gasteiger partial charge in [-0.25, -0.2) is 4.79 Å². The molecule has 0 bridgehead atoms. The van der Waals surface area contributed by atoms with Crippen LogP contribution >= 0.6 is 0 Å². The van der Waals surface area contributed by atoms with Crippen LogP contribution in [0.25, 0.3) is 10.9 Å². The maximum Gasteiger partial charge on any atom is 0.417 e. The summed E-state index contributed by atoms with van der Waals surface area (Å²) in [5.41, 5.74) is -1.05. The molecule has 1 fully saturated rings. The second kappa shape index (κ2) is 8.89. The van der Waals surface area contributed by atoms with Gasteiger partial charge in [-0.1, -0.05) is 30.3 Å². The molecule has 1 aromatic heterocycles. The largest absolute Gasteiger partial charge is 0.452 e. The molecular weight excluding hydrogens is 439 g/mol. The van der Waals surface area contributed by atoms with Crippen LogP contribution in [0.3, 0.4) is 0 Å². The molecule has 2 heterocycles. The summed E-state index contributed by atoms with van der Waals surface area (Å²) in [6.07, 6.45) is -2.94. The number of aromatic nitrogens is 1. The van der Waals surface area contributed by atoms with Crippen molar-refractivity contribution < 1.29 is 32.3 Å². The summed E-state index contributed by atoms with van der Waals surface area (Å²) in [5.74, 6) is -2.16. The summed E-state index contributed by atoms with van der Waals surface area (Å²) in [6, 6.07) is 12.2. The van der Waals surface area contributed by atoms with E-state index in [0.29, 0.717) is 30.8 Å². The van der Waals surface area contributed by atoms with E-state index in [-0.39, 0.29) is 16.8 Å². The first-order valence-electron chi connectivity index (χ1n) is 10.1. The molecule has 0 atom stereocenters. The molecule has 0 aliphatic carbocycles. The molecule has 2 aromatic carbocycles. The monoisotopic (exact) mass is 457 g/mol. The molecule has 0 saturated carbocycles. The van der Waals surface area contributed by atoms with Crippen molar-refractivity contribution in [2.24, 2.45) is 0 Å². The molecule has 1 N–H and O–H groups in total. The van der Waals surface area contributed by atoms with E-state index in [1.807, 2.05) is 0 Å². The number of benzene rings is 2. The number of amides is 2. The van der Waals surface area contributed by atoms with Crippen molar-refractivity contribution in [1.82, 2.24) is 4.98 Å². The smallest absolute Gasteiger partial charge is 0.417 e. The van der Waals surface area contributed by atoms with Gasteiger partial charge in [-0.3, -0.25) is 14.6 Å². The highest BCUT2D eigenvalue weighted by Gasteiger charge is 2.38. The van der Waals surface area contributed by atoms with Gasteiger partial charge in [-0.15, -0.1) is 0 Å². The molecule has 33 heavy (non-hydrogen) atoms. The number of ether oxygens (including phenoxy) is 1. The zero-order chi connectivity index (χ0) is 23.6. The number of alkyl halides is 3. The first-order chi connectivity index (χ1) is 15.8. The van der Waals surface area contributed by atoms with E-state index in [1.165, 1.54) is 29.2 Å². The number of esters is 1. The number of fused-ring (bicyclic) bond motifs is 1. The highest BCUT2D eigenvalue weighted by atomic mass is 19.4. The summed E-state index contributed by atoms with van der Waals surface area (Å²) < 4.78 is 46.0. The van der Waals surface area contributed by atoms with Crippen molar-refractivity contribution in [1.29, 1.82) is 0 Å². The molecule has 10 heteroatoms. The zero-order valence-corrected chi connectivity index (χ0v) is 17.2. The number of carbonyl (C=O) groups is 3. The summed E-state index contributed by atoms with van der Waals surface area (Å²) in [4.78, 5) is 42.3. The number of carbonyl (C=O) groups excluding carboxylic acids is 3. The Morgan fingerprint density at radius 2 is 1.82 bits per heavy atom. The number of hydrogen-bond donors (Lipinski definition) is 1. The topological polar surface area (TPSA) is 88.6 Å². The van der Waals surface area contributed by atoms with E-state index in [4.69, 9.17) is 4.74 Å². The SMILES string of the molecule is O=C(COC(=O)c1cnc2ccccc2c1C(F)(F)F)Nc1ccccc1N1CCCC1=O. The van der Waals surface area contributed by atoms with E-state index in [0.717, 1.165) is 6.20 Å². The van der Waals surface area contributed by atoms with E-state index in [2.05, 4.69) is 10.3 Å². The normalized spacial score (nSPS) is 13.9. The van der Waals surface area contributed by atoms with Crippen LogP contribution in [0.2, 0.25) is 0 Å². The Labute approximate surface area is 186 Å². The molecule has 3 aromatic rings. The fraction of sp³-hybridized carbons (Fsp3) is 0.217. The van der Waals surface area contributed by atoms with Crippen LogP contribution in [-0.2, 0) is 20.5 Å². The molecule has 0 spiro atoms. The summed E-state index contributed by atoms with van der Waals surface area (Å²) in [7, 11) is 0. The Balaban J connectivity index is 1.50. The number of nitrogens with one attached hydrogen (secondary N) is 1. The molecule has 1 saturated heterocycles. The fourth-order valence-corrected chi connectivity index (χ4v) is 3.71. The molecule has 2 amide bonds. The van der Waals surface area contributed by atoms with Gasteiger partial charge >= 0.3 is 12.1 Å². The first-order valence-corrected chi connectivity index (χ1v) is 10.1. The number of rotatable bonds is 5. The van der Waals surface area contributed by atoms with Crippen LogP contribution in [0, 0.1) is 0 Å². The van der Waals surface area contributed by atoms with E-state index in [1.54, 1.807) is 24.3 Å². The lowest BCUT2D eigenvalue weighted by Gasteiger charge is -2.20. The predicted octanol–water partition coefficient (Wildman–Crippen LogP) is 4.18. The van der Waals surface area contributed by atoms with Gasteiger partial charge in [0.2, 0.25) is 5.91 Å². The summed E-state index contributed by atoms with van der Waals surface area (Å²) >= 11 is 0. The summed E-state index contributed by atoms with van der Waals surface area (Å²) in [6.45, 7) is -0.304. The molecule has 1 aliphatic heterocycles. The fourth-order valence-electron chi connectivity index (χ4n) is 3.71. The van der Waals surface area contributed by atoms with Gasteiger partial charge in [-0.05, 0) is 24.6 Å². The highest BCUT2D eigenvalue weighted by molar-refractivity contribution is 6.03. The molecule has 0 unspecified atom stereocenters. The number of halogens is 3. The molecule has 170 valence electrons. The van der Waals surface area contributed by atoms with Crippen molar-refractivity contribution in [2.75, 3.05) is 23.4 Å². The third-order valence-electron chi connectivity index (χ3n) is 5.16. The quantitative estimate of drug-likeness (QED) is 0.581. The number of pyridine rings is 1. The van der Waals surface area contributed by atoms with Crippen LogP contribution in [-0.4, -0.2) is 35.9 Å². The minimum atomic E-state index is -4.83. The van der Waals surface area contributed by atoms with Gasteiger partial charge < -0.3 is 15.0 Å². The van der Waals surface area contributed by atoms with Gasteiger partial charge in [0.25, 0.3) is 5.91 Å². The third kappa shape index (κ3) is 4.64. The van der Waals surface area contributed by atoms with Crippen LogP contribution in [0.5, 0.6) is 0 Å².